The number of phenolic OH excluding ortho intramolecular Hbond substituents is 1. The maximum atomic E-state index is 12.5. The van der Waals surface area contributed by atoms with Crippen molar-refractivity contribution in [3.8, 4) is 17.1 Å². The molecule has 2 aromatic rings. The lowest BCUT2D eigenvalue weighted by atomic mass is 9.84. The number of para-hydroxylation sites is 1. The number of hydrogen-bond donors (Lipinski definition) is 1. The van der Waals surface area contributed by atoms with Crippen LogP contribution in [-0.2, 0) is 4.79 Å². The molecule has 3 heterocycles. The second kappa shape index (κ2) is 9.06. The Labute approximate surface area is 190 Å². The Kier molecular flexibility index (Phi) is 6.00. The summed E-state index contributed by atoms with van der Waals surface area (Å²) in [6, 6.07) is 9.83. The van der Waals surface area contributed by atoms with Crippen LogP contribution in [0.4, 0.5) is 5.82 Å². The lowest BCUT2D eigenvalue weighted by molar-refractivity contribution is -0.139. The van der Waals surface area contributed by atoms with Gasteiger partial charge in [-0.1, -0.05) is 18.6 Å². The molecule has 170 valence electrons. The van der Waals surface area contributed by atoms with Crippen molar-refractivity contribution in [2.45, 2.75) is 45.1 Å². The summed E-state index contributed by atoms with van der Waals surface area (Å²) in [5.74, 6) is 2.42. The van der Waals surface area contributed by atoms with Crippen LogP contribution in [0.5, 0.6) is 5.75 Å². The van der Waals surface area contributed by atoms with Crippen LogP contribution in [0.25, 0.3) is 11.4 Å². The van der Waals surface area contributed by atoms with Gasteiger partial charge in [0.1, 0.15) is 11.6 Å². The van der Waals surface area contributed by atoms with Crippen molar-refractivity contribution < 1.29 is 9.90 Å². The zero-order valence-electron chi connectivity index (χ0n) is 18.9. The Hall–Kier alpha value is -2.67. The quantitative estimate of drug-likeness (QED) is 0.796. The number of phenols is 1. The third kappa shape index (κ3) is 4.31. The number of hydrogen-bond acceptors (Lipinski definition) is 6. The second-order valence-corrected chi connectivity index (χ2v) is 9.42. The Morgan fingerprint density at radius 3 is 2.34 bits per heavy atom. The molecule has 0 atom stereocenters. The Morgan fingerprint density at radius 2 is 1.69 bits per heavy atom. The van der Waals surface area contributed by atoms with Gasteiger partial charge in [-0.25, -0.2) is 9.97 Å². The molecule has 1 N–H and O–H groups in total. The lowest BCUT2D eigenvalue weighted by Gasteiger charge is -2.44. The smallest absolute Gasteiger partial charge is 0.225 e. The molecule has 1 aromatic carbocycles. The Morgan fingerprint density at radius 1 is 0.969 bits per heavy atom. The van der Waals surface area contributed by atoms with Crippen LogP contribution in [0.1, 0.15) is 37.8 Å². The van der Waals surface area contributed by atoms with Gasteiger partial charge in [-0.2, -0.15) is 0 Å². The number of piperidine rings is 1. The first kappa shape index (κ1) is 21.2. The molecule has 2 saturated heterocycles. The number of aryl methyl sites for hydroxylation is 1. The molecule has 7 heteroatoms. The summed E-state index contributed by atoms with van der Waals surface area (Å²) in [6.07, 6.45) is 5.58. The Bertz CT molecular complexity index is 961. The number of carbonyl (C=O) groups excluding carboxylic acids is 1. The lowest BCUT2D eigenvalue weighted by Crippen LogP contribution is -2.54. The third-order valence-corrected chi connectivity index (χ3v) is 7.37. The summed E-state index contributed by atoms with van der Waals surface area (Å²) in [5.41, 5.74) is 1.57. The van der Waals surface area contributed by atoms with Crippen LogP contribution < -0.4 is 4.90 Å². The molecule has 0 bridgehead atoms. The van der Waals surface area contributed by atoms with Gasteiger partial charge in [-0.3, -0.25) is 9.69 Å². The molecule has 3 aliphatic rings. The highest BCUT2D eigenvalue weighted by atomic mass is 16.3. The maximum absolute atomic E-state index is 12.5. The summed E-state index contributed by atoms with van der Waals surface area (Å²) in [7, 11) is 0. The van der Waals surface area contributed by atoms with Gasteiger partial charge < -0.3 is 14.9 Å². The predicted molar refractivity (Wildman–Crippen MR) is 125 cm³/mol. The van der Waals surface area contributed by atoms with Crippen molar-refractivity contribution >= 4 is 11.7 Å². The number of carbonyl (C=O) groups is 1. The molecule has 0 unspecified atom stereocenters. The SMILES string of the molecule is Cc1cc(N2CCN(C3CCN(C(=O)C4CCC4)CC3)CC2)nc(-c2ccccc2O)n1. The van der Waals surface area contributed by atoms with Crippen LogP contribution in [0.2, 0.25) is 0 Å². The minimum absolute atomic E-state index is 0.205. The van der Waals surface area contributed by atoms with Gasteiger partial charge in [-0.05, 0) is 44.7 Å². The number of amides is 1. The van der Waals surface area contributed by atoms with Crippen molar-refractivity contribution in [2.24, 2.45) is 5.92 Å². The minimum atomic E-state index is 0.205. The van der Waals surface area contributed by atoms with Gasteiger partial charge in [0.05, 0.1) is 5.56 Å². The highest BCUT2D eigenvalue weighted by Crippen LogP contribution is 2.31. The fraction of sp³-hybridized carbons (Fsp3) is 0.560. The van der Waals surface area contributed by atoms with E-state index in [4.69, 9.17) is 4.98 Å². The van der Waals surface area contributed by atoms with Crippen LogP contribution >= 0.6 is 0 Å². The highest BCUT2D eigenvalue weighted by Gasteiger charge is 2.33. The first-order valence-corrected chi connectivity index (χ1v) is 12.0. The van der Waals surface area contributed by atoms with Gasteiger partial charge in [0.2, 0.25) is 5.91 Å². The topological polar surface area (TPSA) is 72.8 Å². The van der Waals surface area contributed by atoms with Gasteiger partial charge >= 0.3 is 0 Å². The summed E-state index contributed by atoms with van der Waals surface area (Å²) in [4.78, 5) is 28.9. The van der Waals surface area contributed by atoms with E-state index in [0.29, 0.717) is 29.3 Å². The van der Waals surface area contributed by atoms with E-state index in [-0.39, 0.29) is 5.75 Å². The molecule has 0 spiro atoms. The van der Waals surface area contributed by atoms with Gasteiger partial charge in [0.25, 0.3) is 0 Å². The van der Waals surface area contributed by atoms with Crippen LogP contribution in [0.15, 0.2) is 30.3 Å². The van der Waals surface area contributed by atoms with E-state index in [9.17, 15) is 9.90 Å². The molecule has 5 rings (SSSR count). The van der Waals surface area contributed by atoms with Crippen LogP contribution in [0.3, 0.4) is 0 Å². The number of aromatic hydroxyl groups is 1. The molecule has 7 nitrogen and oxygen atoms in total. The van der Waals surface area contributed by atoms with E-state index < -0.39 is 0 Å². The monoisotopic (exact) mass is 435 g/mol. The van der Waals surface area contributed by atoms with Crippen molar-refractivity contribution in [1.82, 2.24) is 19.8 Å². The average molecular weight is 436 g/mol. The van der Waals surface area contributed by atoms with Crippen LogP contribution in [0, 0.1) is 12.8 Å². The number of anilines is 1. The molecule has 0 radical (unpaired) electrons. The molecular formula is C25H33N5O2. The minimum Gasteiger partial charge on any atom is -0.507 e. The summed E-state index contributed by atoms with van der Waals surface area (Å²) in [5, 5.41) is 10.2. The van der Waals surface area contributed by atoms with E-state index >= 15 is 0 Å². The van der Waals surface area contributed by atoms with Crippen molar-refractivity contribution in [3.05, 3.63) is 36.0 Å². The van der Waals surface area contributed by atoms with Gasteiger partial charge in [0.15, 0.2) is 5.82 Å². The van der Waals surface area contributed by atoms with E-state index in [1.54, 1.807) is 6.07 Å². The molecular weight excluding hydrogens is 402 g/mol. The third-order valence-electron chi connectivity index (χ3n) is 7.37. The number of piperazine rings is 1. The highest BCUT2D eigenvalue weighted by molar-refractivity contribution is 5.79. The van der Waals surface area contributed by atoms with E-state index in [0.717, 1.165) is 76.5 Å². The predicted octanol–water partition coefficient (Wildman–Crippen LogP) is 3.07. The van der Waals surface area contributed by atoms with E-state index in [2.05, 4.69) is 19.7 Å². The van der Waals surface area contributed by atoms with E-state index in [1.807, 2.05) is 31.2 Å². The molecule has 1 saturated carbocycles. The number of benzene rings is 1. The fourth-order valence-electron chi connectivity index (χ4n) is 5.18. The zero-order valence-corrected chi connectivity index (χ0v) is 18.9. The Balaban J connectivity index is 1.18. The van der Waals surface area contributed by atoms with Gasteiger partial charge in [0, 0.05) is 63.0 Å². The second-order valence-electron chi connectivity index (χ2n) is 9.42. The molecule has 1 aromatic heterocycles. The van der Waals surface area contributed by atoms with Crippen molar-refractivity contribution in [1.29, 1.82) is 0 Å². The van der Waals surface area contributed by atoms with E-state index in [1.165, 1.54) is 6.42 Å². The number of rotatable bonds is 4. The zero-order chi connectivity index (χ0) is 22.1. The van der Waals surface area contributed by atoms with Crippen molar-refractivity contribution in [3.63, 3.8) is 0 Å². The fourth-order valence-corrected chi connectivity index (χ4v) is 5.18. The first-order chi connectivity index (χ1) is 15.6. The normalized spacial score (nSPS) is 20.9. The summed E-state index contributed by atoms with van der Waals surface area (Å²) in [6.45, 7) is 7.68. The number of nitrogens with zero attached hydrogens (tertiary/aromatic N) is 5. The molecule has 1 amide bonds. The van der Waals surface area contributed by atoms with Crippen LogP contribution in [-0.4, -0.2) is 76.1 Å². The number of aromatic nitrogens is 2. The maximum Gasteiger partial charge on any atom is 0.225 e. The first-order valence-electron chi connectivity index (χ1n) is 12.0. The average Bonchev–Trinajstić information content (AvgIpc) is 2.78. The van der Waals surface area contributed by atoms with Crippen molar-refractivity contribution in [2.75, 3.05) is 44.2 Å². The summed E-state index contributed by atoms with van der Waals surface area (Å²) >= 11 is 0. The van der Waals surface area contributed by atoms with Gasteiger partial charge in [-0.15, -0.1) is 0 Å². The molecule has 1 aliphatic carbocycles. The largest absolute Gasteiger partial charge is 0.507 e. The molecule has 3 fully saturated rings. The number of likely N-dealkylation sites (tertiary alicyclic amines) is 1. The molecule has 32 heavy (non-hydrogen) atoms. The summed E-state index contributed by atoms with van der Waals surface area (Å²) < 4.78 is 0. The molecule has 2 aliphatic heterocycles. The standard InChI is InChI=1S/C25H33N5O2/c1-18-17-23(27-24(26-18)21-7-2-3-8-22(21)31)29-15-13-28(14-16-29)20-9-11-30(12-10-20)25(32)19-5-4-6-19/h2-3,7-8,17,19-20,31H,4-6,9-16H2,1H3.